The number of halogens is 1. The topological polar surface area (TPSA) is 62.0 Å². The lowest BCUT2D eigenvalue weighted by molar-refractivity contribution is 0.0949. The number of aromatic amines is 1. The maximum Gasteiger partial charge on any atom is 0.261 e. The lowest BCUT2D eigenvalue weighted by Gasteiger charge is -2.06. The third-order valence-corrected chi connectivity index (χ3v) is 3.84. The van der Waals surface area contributed by atoms with Gasteiger partial charge < -0.3 is 10.3 Å². The molecular weight excluding hydrogens is 344 g/mol. The predicted octanol–water partition coefficient (Wildman–Crippen LogP) is 3.22. The average molecular weight is 357 g/mol. The maximum atomic E-state index is 12.2. The van der Waals surface area contributed by atoms with Crippen LogP contribution in [-0.4, -0.2) is 10.9 Å². The van der Waals surface area contributed by atoms with E-state index >= 15 is 0 Å². The van der Waals surface area contributed by atoms with Crippen LogP contribution in [0.4, 0.5) is 0 Å². The van der Waals surface area contributed by atoms with Crippen molar-refractivity contribution in [2.75, 3.05) is 0 Å². The second-order valence-corrected chi connectivity index (χ2v) is 5.83. The highest BCUT2D eigenvalue weighted by Gasteiger charge is 2.11. The van der Waals surface area contributed by atoms with E-state index in [1.54, 1.807) is 12.1 Å². The quantitative estimate of drug-likeness (QED) is 0.756. The minimum absolute atomic E-state index is 0.113. The first-order valence-electron chi connectivity index (χ1n) is 6.78. The van der Waals surface area contributed by atoms with Gasteiger partial charge in [-0.2, -0.15) is 0 Å². The van der Waals surface area contributed by atoms with Crippen LogP contribution in [0.2, 0.25) is 0 Å². The van der Waals surface area contributed by atoms with Gasteiger partial charge >= 0.3 is 0 Å². The molecule has 110 valence electrons. The fourth-order valence-electron chi connectivity index (χ4n) is 2.22. The molecule has 0 bridgehead atoms. The van der Waals surface area contributed by atoms with Crippen LogP contribution < -0.4 is 10.9 Å². The Hall–Kier alpha value is -2.40. The van der Waals surface area contributed by atoms with Gasteiger partial charge in [0.2, 0.25) is 0 Å². The van der Waals surface area contributed by atoms with Crippen molar-refractivity contribution in [2.24, 2.45) is 0 Å². The SMILES string of the molecule is O=C(NCc1ccccc1)c1cc2cc(Br)ccc2[nH]c1=O. The summed E-state index contributed by atoms with van der Waals surface area (Å²) in [4.78, 5) is 27.0. The van der Waals surface area contributed by atoms with E-state index < -0.39 is 0 Å². The summed E-state index contributed by atoms with van der Waals surface area (Å²) in [5.74, 6) is -0.382. The van der Waals surface area contributed by atoms with E-state index in [0.717, 1.165) is 15.4 Å². The second kappa shape index (κ2) is 6.15. The number of nitrogens with one attached hydrogen (secondary N) is 2. The standard InChI is InChI=1S/C17H13BrN2O2/c18-13-6-7-15-12(8-13)9-14(17(22)20-15)16(21)19-10-11-4-2-1-3-5-11/h1-9H,10H2,(H,19,21)(H,20,22). The lowest BCUT2D eigenvalue weighted by atomic mass is 10.1. The molecule has 1 heterocycles. The van der Waals surface area contributed by atoms with Crippen LogP contribution in [0.3, 0.4) is 0 Å². The average Bonchev–Trinajstić information content (AvgIpc) is 2.53. The molecule has 1 aromatic heterocycles. The van der Waals surface area contributed by atoms with Crippen molar-refractivity contribution in [1.82, 2.24) is 10.3 Å². The number of benzene rings is 2. The summed E-state index contributed by atoms with van der Waals surface area (Å²) in [6, 6.07) is 16.7. The molecule has 1 amide bonds. The number of pyridine rings is 1. The molecule has 2 N–H and O–H groups in total. The normalized spacial score (nSPS) is 10.6. The summed E-state index contributed by atoms with van der Waals surface area (Å²) in [7, 11) is 0. The molecule has 3 rings (SSSR count). The number of aromatic nitrogens is 1. The van der Waals surface area contributed by atoms with Gasteiger partial charge in [0, 0.05) is 21.9 Å². The smallest absolute Gasteiger partial charge is 0.261 e. The number of fused-ring (bicyclic) bond motifs is 1. The number of carbonyl (C=O) groups excluding carboxylic acids is 1. The first-order chi connectivity index (χ1) is 10.6. The van der Waals surface area contributed by atoms with Crippen LogP contribution in [0.5, 0.6) is 0 Å². The molecule has 0 fully saturated rings. The Balaban J connectivity index is 1.87. The molecule has 0 atom stereocenters. The molecule has 0 unspecified atom stereocenters. The van der Waals surface area contributed by atoms with Crippen molar-refractivity contribution < 1.29 is 4.79 Å². The van der Waals surface area contributed by atoms with Crippen LogP contribution in [-0.2, 0) is 6.54 Å². The fourth-order valence-corrected chi connectivity index (χ4v) is 2.60. The molecule has 4 nitrogen and oxygen atoms in total. The van der Waals surface area contributed by atoms with E-state index in [9.17, 15) is 9.59 Å². The van der Waals surface area contributed by atoms with Crippen molar-refractivity contribution in [3.05, 3.63) is 80.6 Å². The van der Waals surface area contributed by atoms with Gasteiger partial charge in [0.15, 0.2) is 0 Å². The summed E-state index contributed by atoms with van der Waals surface area (Å²) < 4.78 is 0.891. The number of carbonyl (C=O) groups is 1. The second-order valence-electron chi connectivity index (χ2n) is 4.91. The zero-order valence-electron chi connectivity index (χ0n) is 11.6. The minimum Gasteiger partial charge on any atom is -0.348 e. The van der Waals surface area contributed by atoms with Gasteiger partial charge in [0.05, 0.1) is 0 Å². The Bertz CT molecular complexity index is 888. The van der Waals surface area contributed by atoms with Gasteiger partial charge in [0.1, 0.15) is 5.56 Å². The first kappa shape index (κ1) is 14.5. The highest BCUT2D eigenvalue weighted by Crippen LogP contribution is 2.17. The Morgan fingerprint density at radius 1 is 1.09 bits per heavy atom. The Kier molecular flexibility index (Phi) is 4.06. The third-order valence-electron chi connectivity index (χ3n) is 3.35. The lowest BCUT2D eigenvalue weighted by Crippen LogP contribution is -2.29. The molecule has 0 aliphatic carbocycles. The summed E-state index contributed by atoms with van der Waals surface area (Å²) in [6.07, 6.45) is 0. The van der Waals surface area contributed by atoms with E-state index in [1.165, 1.54) is 0 Å². The first-order valence-corrected chi connectivity index (χ1v) is 7.57. The van der Waals surface area contributed by atoms with Crippen molar-refractivity contribution in [1.29, 1.82) is 0 Å². The molecule has 0 aliphatic rings. The molecule has 22 heavy (non-hydrogen) atoms. The van der Waals surface area contributed by atoms with Gasteiger partial charge in [-0.15, -0.1) is 0 Å². The number of amides is 1. The zero-order valence-corrected chi connectivity index (χ0v) is 13.2. The van der Waals surface area contributed by atoms with Gasteiger partial charge in [-0.25, -0.2) is 0 Å². The fraction of sp³-hybridized carbons (Fsp3) is 0.0588. The van der Waals surface area contributed by atoms with E-state index in [4.69, 9.17) is 0 Å². The van der Waals surface area contributed by atoms with Crippen LogP contribution >= 0.6 is 15.9 Å². The largest absolute Gasteiger partial charge is 0.348 e. The van der Waals surface area contributed by atoms with Crippen molar-refractivity contribution >= 4 is 32.7 Å². The number of rotatable bonds is 3. The van der Waals surface area contributed by atoms with Gasteiger partial charge in [-0.1, -0.05) is 46.3 Å². The molecular formula is C17H13BrN2O2. The highest BCUT2D eigenvalue weighted by atomic mass is 79.9. The van der Waals surface area contributed by atoms with E-state index in [0.29, 0.717) is 12.1 Å². The molecule has 2 aromatic carbocycles. The summed E-state index contributed by atoms with van der Waals surface area (Å²) >= 11 is 3.38. The van der Waals surface area contributed by atoms with Crippen LogP contribution in [0.25, 0.3) is 10.9 Å². The number of hydrogen-bond donors (Lipinski definition) is 2. The Labute approximate surface area is 135 Å². The van der Waals surface area contributed by atoms with Crippen LogP contribution in [0, 0.1) is 0 Å². The van der Waals surface area contributed by atoms with Crippen molar-refractivity contribution in [2.45, 2.75) is 6.54 Å². The molecule has 0 saturated heterocycles. The zero-order chi connectivity index (χ0) is 15.5. The molecule has 0 saturated carbocycles. The van der Waals surface area contributed by atoms with Crippen molar-refractivity contribution in [3.8, 4) is 0 Å². The maximum absolute atomic E-state index is 12.2. The summed E-state index contributed by atoms with van der Waals surface area (Å²) in [5.41, 5.74) is 1.41. The molecule has 3 aromatic rings. The number of hydrogen-bond acceptors (Lipinski definition) is 2. The summed E-state index contributed by atoms with van der Waals surface area (Å²) in [6.45, 7) is 0.385. The van der Waals surface area contributed by atoms with E-state index in [-0.39, 0.29) is 17.0 Å². The minimum atomic E-state index is -0.389. The highest BCUT2D eigenvalue weighted by molar-refractivity contribution is 9.10. The summed E-state index contributed by atoms with van der Waals surface area (Å²) in [5, 5.41) is 3.57. The van der Waals surface area contributed by atoms with Crippen LogP contribution in [0.1, 0.15) is 15.9 Å². The van der Waals surface area contributed by atoms with Crippen molar-refractivity contribution in [3.63, 3.8) is 0 Å². The molecule has 5 heteroatoms. The van der Waals surface area contributed by atoms with E-state index in [2.05, 4.69) is 26.2 Å². The van der Waals surface area contributed by atoms with E-state index in [1.807, 2.05) is 42.5 Å². The van der Waals surface area contributed by atoms with Gasteiger partial charge in [-0.3, -0.25) is 9.59 Å². The number of H-pyrrole nitrogens is 1. The molecule has 0 aliphatic heterocycles. The molecule has 0 radical (unpaired) electrons. The predicted molar refractivity (Wildman–Crippen MR) is 89.9 cm³/mol. The third kappa shape index (κ3) is 3.09. The van der Waals surface area contributed by atoms with Crippen LogP contribution in [0.15, 0.2) is 63.9 Å². The Morgan fingerprint density at radius 3 is 2.64 bits per heavy atom. The van der Waals surface area contributed by atoms with Gasteiger partial charge in [0.25, 0.3) is 11.5 Å². The Morgan fingerprint density at radius 2 is 1.86 bits per heavy atom. The van der Waals surface area contributed by atoms with Gasteiger partial charge in [-0.05, 0) is 29.8 Å². The monoisotopic (exact) mass is 356 g/mol. The molecule has 0 spiro atoms.